The summed E-state index contributed by atoms with van der Waals surface area (Å²) in [6.45, 7) is 1.11. The normalized spacial score (nSPS) is 39.3. The largest absolute Gasteiger partial charge is 0.378 e. The molecule has 13 heavy (non-hydrogen) atoms. The van der Waals surface area contributed by atoms with Crippen molar-refractivity contribution in [2.45, 2.75) is 18.6 Å². The first kappa shape index (κ1) is 9.36. The van der Waals surface area contributed by atoms with Gasteiger partial charge in [0.2, 0.25) is 0 Å². The standard InChI is InChI=1S/C7H11FO4S/c8-13(9,10)4-6-1-5-2-11-3-7(5)12-6/h5-7H,1-4H2/t5-,6?,7+/m1/s1. The maximum atomic E-state index is 12.3. The lowest BCUT2D eigenvalue weighted by Crippen LogP contribution is -2.20. The van der Waals surface area contributed by atoms with Gasteiger partial charge in [0.15, 0.2) is 0 Å². The van der Waals surface area contributed by atoms with Crippen LogP contribution in [0.2, 0.25) is 0 Å². The van der Waals surface area contributed by atoms with Crippen LogP contribution in [0.3, 0.4) is 0 Å². The molecular weight excluding hydrogens is 199 g/mol. The zero-order chi connectivity index (χ0) is 9.47. The van der Waals surface area contributed by atoms with Crippen molar-refractivity contribution in [3.8, 4) is 0 Å². The van der Waals surface area contributed by atoms with Crippen molar-refractivity contribution in [2.24, 2.45) is 5.92 Å². The van der Waals surface area contributed by atoms with Crippen LogP contribution in [0.1, 0.15) is 6.42 Å². The molecule has 0 spiro atoms. The Morgan fingerprint density at radius 1 is 1.38 bits per heavy atom. The molecule has 3 atom stereocenters. The Morgan fingerprint density at radius 3 is 2.77 bits per heavy atom. The van der Waals surface area contributed by atoms with Crippen molar-refractivity contribution >= 4 is 10.2 Å². The minimum Gasteiger partial charge on any atom is -0.378 e. The average Bonchev–Trinajstić information content (AvgIpc) is 2.40. The van der Waals surface area contributed by atoms with E-state index < -0.39 is 22.1 Å². The highest BCUT2D eigenvalue weighted by molar-refractivity contribution is 7.86. The Balaban J connectivity index is 1.92. The fraction of sp³-hybridized carbons (Fsp3) is 1.00. The number of fused-ring (bicyclic) bond motifs is 1. The van der Waals surface area contributed by atoms with Gasteiger partial charge in [-0.2, -0.15) is 8.42 Å². The molecule has 0 N–H and O–H groups in total. The SMILES string of the molecule is O=S(=O)(F)CC1C[C@@H]2COC[C@@H]2O1. The van der Waals surface area contributed by atoms with Gasteiger partial charge in [-0.1, -0.05) is 0 Å². The molecule has 0 aromatic heterocycles. The molecule has 0 amide bonds. The lowest BCUT2D eigenvalue weighted by Gasteiger charge is -2.08. The van der Waals surface area contributed by atoms with Crippen molar-refractivity contribution in [1.82, 2.24) is 0 Å². The molecular formula is C7H11FO4S. The van der Waals surface area contributed by atoms with E-state index >= 15 is 0 Å². The molecule has 2 heterocycles. The summed E-state index contributed by atoms with van der Waals surface area (Å²) in [5.41, 5.74) is 0. The van der Waals surface area contributed by atoms with Gasteiger partial charge in [0.25, 0.3) is 0 Å². The molecule has 2 rings (SSSR count). The van der Waals surface area contributed by atoms with Crippen LogP contribution in [-0.4, -0.2) is 39.6 Å². The van der Waals surface area contributed by atoms with Crippen LogP contribution in [0.5, 0.6) is 0 Å². The molecule has 0 radical (unpaired) electrons. The van der Waals surface area contributed by atoms with Crippen LogP contribution in [-0.2, 0) is 19.7 Å². The summed E-state index contributed by atoms with van der Waals surface area (Å²) in [4.78, 5) is 0. The van der Waals surface area contributed by atoms with Crippen LogP contribution in [0.25, 0.3) is 0 Å². The van der Waals surface area contributed by atoms with Crippen molar-refractivity contribution in [3.63, 3.8) is 0 Å². The molecule has 1 unspecified atom stereocenters. The number of hydrogen-bond donors (Lipinski definition) is 0. The van der Waals surface area contributed by atoms with Crippen LogP contribution in [0, 0.1) is 5.92 Å². The van der Waals surface area contributed by atoms with Crippen LogP contribution in [0.15, 0.2) is 0 Å². The van der Waals surface area contributed by atoms with Crippen molar-refractivity contribution in [2.75, 3.05) is 19.0 Å². The predicted molar refractivity (Wildman–Crippen MR) is 42.5 cm³/mol. The minimum atomic E-state index is -4.40. The average molecular weight is 210 g/mol. The maximum Gasteiger partial charge on any atom is 0.304 e. The molecule has 0 aromatic rings. The molecule has 2 saturated heterocycles. The summed E-state index contributed by atoms with van der Waals surface area (Å²) in [5.74, 6) is -0.258. The van der Waals surface area contributed by atoms with Gasteiger partial charge >= 0.3 is 10.2 Å². The fourth-order valence-electron chi connectivity index (χ4n) is 1.92. The molecule has 0 aromatic carbocycles. The monoisotopic (exact) mass is 210 g/mol. The van der Waals surface area contributed by atoms with E-state index in [2.05, 4.69) is 0 Å². The van der Waals surface area contributed by atoms with E-state index in [0.29, 0.717) is 19.6 Å². The van der Waals surface area contributed by atoms with Gasteiger partial charge in [-0.05, 0) is 6.42 Å². The molecule has 0 bridgehead atoms. The van der Waals surface area contributed by atoms with E-state index in [4.69, 9.17) is 9.47 Å². The maximum absolute atomic E-state index is 12.3. The zero-order valence-corrected chi connectivity index (χ0v) is 7.80. The van der Waals surface area contributed by atoms with Gasteiger partial charge in [-0.25, -0.2) is 0 Å². The van der Waals surface area contributed by atoms with Gasteiger partial charge in [0, 0.05) is 5.92 Å². The molecule has 0 aliphatic carbocycles. The Hall–Kier alpha value is -0.200. The second-order valence-electron chi connectivity index (χ2n) is 3.54. The topological polar surface area (TPSA) is 52.6 Å². The van der Waals surface area contributed by atoms with E-state index in [1.165, 1.54) is 0 Å². The number of rotatable bonds is 2. The van der Waals surface area contributed by atoms with E-state index in [9.17, 15) is 12.3 Å². The van der Waals surface area contributed by atoms with Gasteiger partial charge < -0.3 is 9.47 Å². The quantitative estimate of drug-likeness (QED) is 0.606. The van der Waals surface area contributed by atoms with Crippen molar-refractivity contribution in [3.05, 3.63) is 0 Å². The third-order valence-corrected chi connectivity index (χ3v) is 3.23. The highest BCUT2D eigenvalue weighted by atomic mass is 32.3. The van der Waals surface area contributed by atoms with Gasteiger partial charge in [0.1, 0.15) is 5.75 Å². The second kappa shape index (κ2) is 3.18. The Labute approximate surface area is 76.2 Å². The molecule has 4 nitrogen and oxygen atoms in total. The Morgan fingerprint density at radius 2 is 2.15 bits per heavy atom. The summed E-state index contributed by atoms with van der Waals surface area (Å²) in [6, 6.07) is 0. The van der Waals surface area contributed by atoms with Crippen molar-refractivity contribution in [1.29, 1.82) is 0 Å². The third-order valence-electron chi connectivity index (χ3n) is 2.46. The molecule has 2 aliphatic rings. The van der Waals surface area contributed by atoms with E-state index in [1.54, 1.807) is 0 Å². The lowest BCUT2D eigenvalue weighted by atomic mass is 10.0. The van der Waals surface area contributed by atoms with Gasteiger partial charge in [-0.15, -0.1) is 3.89 Å². The first-order valence-corrected chi connectivity index (χ1v) is 5.75. The Kier molecular flexibility index (Phi) is 2.29. The number of hydrogen-bond acceptors (Lipinski definition) is 4. The second-order valence-corrected chi connectivity index (χ2v) is 4.95. The molecule has 0 saturated carbocycles. The van der Waals surface area contributed by atoms with Crippen LogP contribution in [0.4, 0.5) is 3.89 Å². The van der Waals surface area contributed by atoms with Crippen molar-refractivity contribution < 1.29 is 21.8 Å². The third kappa shape index (κ3) is 2.18. The lowest BCUT2D eigenvalue weighted by molar-refractivity contribution is 0.0297. The first-order chi connectivity index (χ1) is 6.04. The fourth-order valence-corrected chi connectivity index (χ4v) is 2.58. The molecule has 76 valence electrons. The van der Waals surface area contributed by atoms with Crippen LogP contribution < -0.4 is 0 Å². The number of halogens is 1. The smallest absolute Gasteiger partial charge is 0.304 e. The molecule has 6 heteroatoms. The number of ether oxygens (including phenoxy) is 2. The summed E-state index contributed by atoms with van der Waals surface area (Å²) in [6.07, 6.45) is 0.0917. The van der Waals surface area contributed by atoms with Gasteiger partial charge in [-0.3, -0.25) is 0 Å². The summed E-state index contributed by atoms with van der Waals surface area (Å²) in [5, 5.41) is 0. The van der Waals surface area contributed by atoms with E-state index in [1.807, 2.05) is 0 Å². The summed E-state index contributed by atoms with van der Waals surface area (Å²) in [7, 11) is -4.40. The highest BCUT2D eigenvalue weighted by Gasteiger charge is 2.40. The highest BCUT2D eigenvalue weighted by Crippen LogP contribution is 2.31. The summed E-state index contributed by atoms with van der Waals surface area (Å²) >= 11 is 0. The van der Waals surface area contributed by atoms with E-state index in [0.717, 1.165) is 0 Å². The zero-order valence-electron chi connectivity index (χ0n) is 6.98. The molecule has 2 aliphatic heterocycles. The van der Waals surface area contributed by atoms with Gasteiger partial charge in [0.05, 0.1) is 25.4 Å². The first-order valence-electron chi connectivity index (χ1n) is 4.20. The molecule has 2 fully saturated rings. The Bertz CT molecular complexity index is 277. The predicted octanol–water partition coefficient (Wildman–Crippen LogP) is 0.0896. The minimum absolute atomic E-state index is 0.0215. The van der Waals surface area contributed by atoms with Crippen LogP contribution >= 0.6 is 0 Å². The van der Waals surface area contributed by atoms with E-state index in [-0.39, 0.29) is 12.0 Å². The summed E-state index contributed by atoms with van der Waals surface area (Å²) < 4.78 is 43.4.